The van der Waals surface area contributed by atoms with E-state index in [0.29, 0.717) is 0 Å². The molecule has 116 valence electrons. The summed E-state index contributed by atoms with van der Waals surface area (Å²) in [5.41, 5.74) is 3.86. The van der Waals surface area contributed by atoms with Gasteiger partial charge in [0.15, 0.2) is 0 Å². The maximum Gasteiger partial charge on any atom is 0.119 e. The molecule has 0 aromatic carbocycles. The predicted molar refractivity (Wildman–Crippen MR) is 104 cm³/mol. The molecule has 0 saturated carbocycles. The Morgan fingerprint density at radius 3 is 1.62 bits per heavy atom. The van der Waals surface area contributed by atoms with Gasteiger partial charge in [-0.1, -0.05) is 0 Å². The van der Waals surface area contributed by atoms with Crippen molar-refractivity contribution >= 4 is 69.4 Å². The summed E-state index contributed by atoms with van der Waals surface area (Å²) in [6.45, 7) is 0. The Labute approximate surface area is 146 Å². The number of aromatic nitrogens is 2. The fraction of sp³-hybridized carbons (Fsp3) is 0. The Balaban J connectivity index is 1.82. The summed E-state index contributed by atoms with van der Waals surface area (Å²) in [6, 6.07) is 8.24. The van der Waals surface area contributed by atoms with Gasteiger partial charge in [0.05, 0.1) is 22.8 Å². The molecule has 0 aliphatic carbocycles. The lowest BCUT2D eigenvalue weighted by atomic mass is 10.4. The Hall–Kier alpha value is -2.70. The topological polar surface area (TPSA) is 49.8 Å². The van der Waals surface area contributed by atoms with Crippen LogP contribution in [0.3, 0.4) is 0 Å². The molecular weight excluding hydrogens is 336 g/mol. The molecule has 0 unspecified atom stereocenters. The number of rotatable bonds is 0. The lowest BCUT2D eigenvalue weighted by Crippen LogP contribution is -1.90. The van der Waals surface area contributed by atoms with Gasteiger partial charge in [0.1, 0.15) is 10.0 Å². The standard InChI is InChI=1S/C18H12N4S2/c1-5-13-9-19-18(23-13)16-8-4-12(22-16)2-6-14-10-20-17(24-14)15-7-3-11(1)21-15/h1-10,19-20H. The molecule has 0 amide bonds. The van der Waals surface area contributed by atoms with E-state index in [-0.39, 0.29) is 0 Å². The summed E-state index contributed by atoms with van der Waals surface area (Å²) in [6.07, 6.45) is 12.2. The molecule has 1 aromatic heterocycles. The molecule has 0 radical (unpaired) electrons. The van der Waals surface area contributed by atoms with E-state index in [1.165, 1.54) is 0 Å². The summed E-state index contributed by atoms with van der Waals surface area (Å²) in [4.78, 5) is 9.35. The van der Waals surface area contributed by atoms with Crippen LogP contribution >= 0.6 is 22.7 Å². The minimum absolute atomic E-state index is 0.958. The molecule has 5 rings (SSSR count). The van der Waals surface area contributed by atoms with Crippen molar-refractivity contribution in [3.63, 3.8) is 0 Å². The normalized spacial score (nSPS) is 14.0. The molecule has 4 aliphatic rings. The van der Waals surface area contributed by atoms with E-state index >= 15 is 0 Å². The van der Waals surface area contributed by atoms with Crippen LogP contribution in [0.1, 0.15) is 22.8 Å². The highest BCUT2D eigenvalue weighted by Gasteiger charge is 2.08. The summed E-state index contributed by atoms with van der Waals surface area (Å²) >= 11 is 3.37. The zero-order chi connectivity index (χ0) is 15.9. The monoisotopic (exact) mass is 348 g/mol. The van der Waals surface area contributed by atoms with E-state index in [1.807, 2.05) is 48.8 Å². The van der Waals surface area contributed by atoms with Crippen LogP contribution in [0.5, 0.6) is 0 Å². The average molecular weight is 348 g/mol. The van der Waals surface area contributed by atoms with Crippen LogP contribution in [-0.2, 0) is 0 Å². The van der Waals surface area contributed by atoms with Gasteiger partial charge in [0, 0.05) is 21.5 Å². The van der Waals surface area contributed by atoms with Crippen molar-refractivity contribution in [3.05, 3.63) is 56.1 Å². The Morgan fingerprint density at radius 1 is 0.625 bits per heavy atom. The second kappa shape index (κ2) is 5.43. The fourth-order valence-corrected chi connectivity index (χ4v) is 4.22. The van der Waals surface area contributed by atoms with E-state index in [9.17, 15) is 0 Å². The lowest BCUT2D eigenvalue weighted by Gasteiger charge is -1.92. The second-order valence-electron chi connectivity index (χ2n) is 5.42. The molecule has 4 aliphatic heterocycles. The van der Waals surface area contributed by atoms with Crippen LogP contribution in [0.2, 0.25) is 0 Å². The lowest BCUT2D eigenvalue weighted by molar-refractivity contribution is 1.33. The maximum atomic E-state index is 4.67. The number of nitrogens with zero attached hydrogens (tertiary/aromatic N) is 2. The van der Waals surface area contributed by atoms with Crippen molar-refractivity contribution in [3.8, 4) is 0 Å². The first-order chi connectivity index (χ1) is 11.8. The Morgan fingerprint density at radius 2 is 1.12 bits per heavy atom. The Bertz CT molecular complexity index is 1030. The maximum absolute atomic E-state index is 4.67. The molecule has 6 heteroatoms. The highest BCUT2D eigenvalue weighted by Crippen LogP contribution is 2.24. The van der Waals surface area contributed by atoms with Crippen molar-refractivity contribution in [2.75, 3.05) is 10.6 Å². The molecule has 4 nitrogen and oxygen atoms in total. The number of nitrogens with one attached hydrogen (secondary N) is 2. The van der Waals surface area contributed by atoms with Crippen molar-refractivity contribution in [1.29, 1.82) is 0 Å². The van der Waals surface area contributed by atoms with Crippen LogP contribution in [0, 0.1) is 0 Å². The Kier molecular flexibility index (Phi) is 3.11. The minimum atomic E-state index is 0.958. The minimum Gasteiger partial charge on any atom is -0.350 e. The second-order valence-corrected chi connectivity index (χ2v) is 7.59. The number of fused-ring (bicyclic) bond motifs is 10. The molecule has 8 bridgehead atoms. The smallest absolute Gasteiger partial charge is 0.119 e. The molecule has 0 saturated heterocycles. The zero-order valence-electron chi connectivity index (χ0n) is 12.5. The highest BCUT2D eigenvalue weighted by molar-refractivity contribution is 7.15. The fourth-order valence-electron chi connectivity index (χ4n) is 2.57. The molecule has 0 atom stereocenters. The van der Waals surface area contributed by atoms with E-state index in [0.717, 1.165) is 41.8 Å². The van der Waals surface area contributed by atoms with Crippen LogP contribution in [0.4, 0.5) is 10.0 Å². The summed E-state index contributed by atoms with van der Waals surface area (Å²) < 4.78 is 2.29. The van der Waals surface area contributed by atoms with Crippen molar-refractivity contribution in [1.82, 2.24) is 9.97 Å². The molecular formula is C18H12N4S2. The number of hydrogen-bond acceptors (Lipinski definition) is 6. The van der Waals surface area contributed by atoms with E-state index in [4.69, 9.17) is 0 Å². The third-order valence-corrected chi connectivity index (χ3v) is 5.80. The van der Waals surface area contributed by atoms with Crippen molar-refractivity contribution < 1.29 is 0 Å². The van der Waals surface area contributed by atoms with Gasteiger partial charge in [-0.3, -0.25) is 0 Å². The van der Waals surface area contributed by atoms with Gasteiger partial charge in [-0.25, -0.2) is 9.97 Å². The summed E-state index contributed by atoms with van der Waals surface area (Å²) in [5.74, 6) is 0. The number of anilines is 2. The highest BCUT2D eigenvalue weighted by atomic mass is 32.1. The molecule has 0 spiro atoms. The van der Waals surface area contributed by atoms with Crippen LogP contribution < -0.4 is 19.7 Å². The van der Waals surface area contributed by atoms with E-state index in [2.05, 4.69) is 32.7 Å². The van der Waals surface area contributed by atoms with E-state index < -0.39 is 0 Å². The first kappa shape index (κ1) is 13.7. The average Bonchev–Trinajstić information content (AvgIpc) is 3.37. The van der Waals surface area contributed by atoms with Crippen LogP contribution in [0.25, 0.3) is 36.7 Å². The quantitative estimate of drug-likeness (QED) is 0.655. The molecule has 1 aromatic rings. The largest absolute Gasteiger partial charge is 0.350 e. The molecule has 24 heavy (non-hydrogen) atoms. The molecule has 2 N–H and O–H groups in total. The van der Waals surface area contributed by atoms with E-state index in [1.54, 1.807) is 22.7 Å². The number of hydrogen-bond donors (Lipinski definition) is 2. The van der Waals surface area contributed by atoms with Gasteiger partial charge in [-0.2, -0.15) is 0 Å². The van der Waals surface area contributed by atoms with Crippen molar-refractivity contribution in [2.24, 2.45) is 0 Å². The SMILES string of the molecule is C1=Cc2nc1ccc1sc(c3nc(ccc4sc2NC=4)C=C3)NC=1. The third kappa shape index (κ3) is 2.46. The van der Waals surface area contributed by atoms with Gasteiger partial charge < -0.3 is 10.6 Å². The van der Waals surface area contributed by atoms with Crippen molar-refractivity contribution in [2.45, 2.75) is 0 Å². The summed E-state index contributed by atoms with van der Waals surface area (Å²) in [7, 11) is 0. The summed E-state index contributed by atoms with van der Waals surface area (Å²) in [5, 5.41) is 8.72. The van der Waals surface area contributed by atoms with Gasteiger partial charge in [0.25, 0.3) is 0 Å². The van der Waals surface area contributed by atoms with Gasteiger partial charge in [0.2, 0.25) is 0 Å². The molecule has 0 fully saturated rings. The van der Waals surface area contributed by atoms with Gasteiger partial charge in [-0.05, 0) is 48.6 Å². The third-order valence-electron chi connectivity index (χ3n) is 3.76. The van der Waals surface area contributed by atoms with Gasteiger partial charge >= 0.3 is 0 Å². The van der Waals surface area contributed by atoms with Crippen LogP contribution in [-0.4, -0.2) is 9.97 Å². The zero-order valence-corrected chi connectivity index (χ0v) is 14.1. The molecule has 5 heterocycles. The first-order valence-corrected chi connectivity index (χ1v) is 9.14. The van der Waals surface area contributed by atoms with Crippen LogP contribution in [0.15, 0.2) is 24.3 Å². The predicted octanol–water partition coefficient (Wildman–Crippen LogP) is 3.27. The van der Waals surface area contributed by atoms with Gasteiger partial charge in [-0.15, -0.1) is 22.7 Å². The first-order valence-electron chi connectivity index (χ1n) is 7.51.